The number of likely N-dealkylation sites (tertiary alicyclic amines) is 1. The molecule has 2 heterocycles. The largest absolute Gasteiger partial charge is 0.480 e. The lowest BCUT2D eigenvalue weighted by atomic mass is 10.1. The molecule has 7 heteroatoms. The smallest absolute Gasteiger partial charge is 0.411 e. The van der Waals surface area contributed by atoms with E-state index in [1.165, 1.54) is 0 Å². The molecule has 0 spiro atoms. The topological polar surface area (TPSA) is 85.3 Å². The van der Waals surface area contributed by atoms with E-state index in [0.29, 0.717) is 0 Å². The number of hydrogen-bond donors (Lipinski definition) is 1. The van der Waals surface area contributed by atoms with Crippen LogP contribution in [0.3, 0.4) is 0 Å². The Hall–Kier alpha value is -1.34. The molecular formula is C13H21NO6. The van der Waals surface area contributed by atoms with Crippen molar-refractivity contribution in [3.63, 3.8) is 0 Å². The molecule has 0 aromatic heterocycles. The Morgan fingerprint density at radius 2 is 1.90 bits per heavy atom. The predicted molar refractivity (Wildman–Crippen MR) is 68.2 cm³/mol. The minimum absolute atomic E-state index is 0.153. The highest BCUT2D eigenvalue weighted by Gasteiger charge is 2.57. The van der Waals surface area contributed by atoms with Crippen molar-refractivity contribution in [2.24, 2.45) is 0 Å². The van der Waals surface area contributed by atoms with Gasteiger partial charge in [0.05, 0.1) is 6.54 Å². The maximum Gasteiger partial charge on any atom is 0.411 e. The third-order valence-corrected chi connectivity index (χ3v) is 3.13. The van der Waals surface area contributed by atoms with Crippen LogP contribution in [-0.2, 0) is 19.0 Å². The highest BCUT2D eigenvalue weighted by molar-refractivity contribution is 5.82. The van der Waals surface area contributed by atoms with Crippen LogP contribution in [-0.4, -0.2) is 58.3 Å². The summed E-state index contributed by atoms with van der Waals surface area (Å²) in [5.41, 5.74) is -0.682. The summed E-state index contributed by atoms with van der Waals surface area (Å²) in [6, 6.07) is -1.09. The van der Waals surface area contributed by atoms with Crippen LogP contribution in [0.2, 0.25) is 0 Å². The lowest BCUT2D eigenvalue weighted by molar-refractivity contribution is -0.169. The van der Waals surface area contributed by atoms with E-state index in [4.69, 9.17) is 14.2 Å². The fourth-order valence-electron chi connectivity index (χ4n) is 2.54. The molecule has 0 saturated carbocycles. The third kappa shape index (κ3) is 2.88. The Balaban J connectivity index is 2.16. The highest BCUT2D eigenvalue weighted by Crippen LogP contribution is 2.37. The SMILES string of the molecule is CC(C)(C)OC(=O)N1C[C@H]2OC(C)(C)O[C@H]2[C@@H]1C(=O)O. The second-order valence-corrected chi connectivity index (χ2v) is 6.55. The van der Waals surface area contributed by atoms with Crippen molar-refractivity contribution in [1.29, 1.82) is 0 Å². The number of aliphatic carboxylic acids is 1. The zero-order valence-corrected chi connectivity index (χ0v) is 12.4. The average Bonchev–Trinajstić information content (AvgIpc) is 2.65. The summed E-state index contributed by atoms with van der Waals surface area (Å²) in [7, 11) is 0. The quantitative estimate of drug-likeness (QED) is 0.780. The van der Waals surface area contributed by atoms with Crippen molar-refractivity contribution >= 4 is 12.1 Å². The van der Waals surface area contributed by atoms with Crippen LogP contribution in [0.15, 0.2) is 0 Å². The van der Waals surface area contributed by atoms with E-state index in [0.717, 1.165) is 4.90 Å². The molecule has 1 amide bonds. The van der Waals surface area contributed by atoms with Crippen LogP contribution in [0.5, 0.6) is 0 Å². The van der Waals surface area contributed by atoms with E-state index in [2.05, 4.69) is 0 Å². The normalized spacial score (nSPS) is 32.0. The number of fused-ring (bicyclic) bond motifs is 1. The lowest BCUT2D eigenvalue weighted by Gasteiger charge is -2.29. The molecular weight excluding hydrogens is 266 g/mol. The molecule has 3 atom stereocenters. The molecule has 7 nitrogen and oxygen atoms in total. The molecule has 20 heavy (non-hydrogen) atoms. The summed E-state index contributed by atoms with van der Waals surface area (Å²) in [5.74, 6) is -1.95. The molecule has 1 N–H and O–H groups in total. The van der Waals surface area contributed by atoms with E-state index >= 15 is 0 Å². The number of nitrogens with zero attached hydrogens (tertiary/aromatic N) is 1. The second kappa shape index (κ2) is 4.60. The van der Waals surface area contributed by atoms with Gasteiger partial charge in [0.1, 0.15) is 17.8 Å². The summed E-state index contributed by atoms with van der Waals surface area (Å²) in [4.78, 5) is 24.7. The Morgan fingerprint density at radius 1 is 1.30 bits per heavy atom. The summed E-state index contributed by atoms with van der Waals surface area (Å²) in [5, 5.41) is 9.36. The Morgan fingerprint density at radius 3 is 2.40 bits per heavy atom. The number of carboxylic acid groups (broad SMARTS) is 1. The summed E-state index contributed by atoms with van der Waals surface area (Å²) in [6.45, 7) is 8.79. The van der Waals surface area contributed by atoms with Gasteiger partial charge in [0.25, 0.3) is 0 Å². The molecule has 2 aliphatic heterocycles. The van der Waals surface area contributed by atoms with Gasteiger partial charge in [-0.15, -0.1) is 0 Å². The van der Waals surface area contributed by atoms with E-state index in [-0.39, 0.29) is 6.54 Å². The summed E-state index contributed by atoms with van der Waals surface area (Å²) >= 11 is 0. The fourth-order valence-corrected chi connectivity index (χ4v) is 2.54. The van der Waals surface area contributed by atoms with Gasteiger partial charge >= 0.3 is 12.1 Å². The number of carbonyl (C=O) groups excluding carboxylic acids is 1. The van der Waals surface area contributed by atoms with Gasteiger partial charge in [-0.1, -0.05) is 0 Å². The number of hydrogen-bond acceptors (Lipinski definition) is 5. The Kier molecular flexibility index (Phi) is 3.46. The van der Waals surface area contributed by atoms with E-state index in [1.807, 2.05) is 0 Å². The first-order chi connectivity index (χ1) is 9.00. The molecule has 0 bridgehead atoms. The minimum atomic E-state index is -1.12. The predicted octanol–water partition coefficient (Wildman–Crippen LogP) is 1.21. The maximum atomic E-state index is 12.1. The van der Waals surface area contributed by atoms with Crippen molar-refractivity contribution in [2.75, 3.05) is 6.54 Å². The third-order valence-electron chi connectivity index (χ3n) is 3.13. The van der Waals surface area contributed by atoms with Crippen molar-refractivity contribution in [1.82, 2.24) is 4.90 Å². The standard InChI is InChI=1S/C13H21NO6/c1-12(2,3)20-11(17)14-6-7-9(8(14)10(15)16)19-13(4,5)18-7/h7-9H,6H2,1-5H3,(H,15,16)/t7-,8-,9-/m1/s1. The van der Waals surface area contributed by atoms with Gasteiger partial charge in [-0.05, 0) is 34.6 Å². The number of rotatable bonds is 1. The minimum Gasteiger partial charge on any atom is -0.480 e. The summed E-state index contributed by atoms with van der Waals surface area (Å²) in [6.07, 6.45) is -1.78. The first-order valence-corrected chi connectivity index (χ1v) is 6.58. The van der Waals surface area contributed by atoms with Gasteiger partial charge in [-0.25, -0.2) is 9.59 Å². The lowest BCUT2D eigenvalue weighted by Crippen LogP contribution is -2.48. The first kappa shape index (κ1) is 15.1. The van der Waals surface area contributed by atoms with E-state index in [1.54, 1.807) is 34.6 Å². The number of amides is 1. The van der Waals surface area contributed by atoms with Gasteiger partial charge < -0.3 is 19.3 Å². The van der Waals surface area contributed by atoms with Gasteiger partial charge in [-0.3, -0.25) is 4.90 Å². The van der Waals surface area contributed by atoms with E-state index < -0.39 is 41.7 Å². The van der Waals surface area contributed by atoms with Gasteiger partial charge in [-0.2, -0.15) is 0 Å². The summed E-state index contributed by atoms with van der Waals surface area (Å²) < 4.78 is 16.5. The van der Waals surface area contributed by atoms with Crippen molar-refractivity contribution in [3.05, 3.63) is 0 Å². The average molecular weight is 287 g/mol. The maximum absolute atomic E-state index is 12.1. The number of ether oxygens (including phenoxy) is 3. The number of carbonyl (C=O) groups is 2. The molecule has 0 aromatic rings. The molecule has 2 aliphatic rings. The van der Waals surface area contributed by atoms with Crippen LogP contribution in [0.4, 0.5) is 4.79 Å². The van der Waals surface area contributed by atoms with Crippen molar-refractivity contribution < 1.29 is 28.9 Å². The molecule has 2 rings (SSSR count). The van der Waals surface area contributed by atoms with Crippen molar-refractivity contribution in [2.45, 2.75) is 64.3 Å². The van der Waals surface area contributed by atoms with Gasteiger partial charge in [0, 0.05) is 0 Å². The molecule has 114 valence electrons. The molecule has 0 aromatic carbocycles. The zero-order valence-electron chi connectivity index (χ0n) is 12.4. The van der Waals surface area contributed by atoms with Crippen LogP contribution < -0.4 is 0 Å². The highest BCUT2D eigenvalue weighted by atomic mass is 16.8. The second-order valence-electron chi connectivity index (χ2n) is 6.55. The first-order valence-electron chi connectivity index (χ1n) is 6.58. The van der Waals surface area contributed by atoms with Gasteiger partial charge in [0.2, 0.25) is 0 Å². The molecule has 2 fully saturated rings. The Bertz CT molecular complexity index is 427. The monoisotopic (exact) mass is 287 g/mol. The number of carboxylic acids is 1. The molecule has 0 radical (unpaired) electrons. The van der Waals surface area contributed by atoms with Crippen LogP contribution in [0.25, 0.3) is 0 Å². The molecule has 2 saturated heterocycles. The van der Waals surface area contributed by atoms with Gasteiger partial charge in [0.15, 0.2) is 11.8 Å². The fraction of sp³-hybridized carbons (Fsp3) is 0.846. The van der Waals surface area contributed by atoms with Crippen LogP contribution in [0, 0.1) is 0 Å². The molecule has 0 unspecified atom stereocenters. The van der Waals surface area contributed by atoms with Crippen molar-refractivity contribution in [3.8, 4) is 0 Å². The molecule has 0 aliphatic carbocycles. The Labute approximate surface area is 117 Å². The van der Waals surface area contributed by atoms with Crippen LogP contribution >= 0.6 is 0 Å². The van der Waals surface area contributed by atoms with Crippen LogP contribution in [0.1, 0.15) is 34.6 Å². The zero-order chi connectivity index (χ0) is 15.3. The van der Waals surface area contributed by atoms with E-state index in [9.17, 15) is 14.7 Å².